The zero-order chi connectivity index (χ0) is 19.9. The van der Waals surface area contributed by atoms with Crippen LogP contribution in [0, 0.1) is 20.8 Å². The van der Waals surface area contributed by atoms with E-state index in [9.17, 15) is 13.2 Å². The summed E-state index contributed by atoms with van der Waals surface area (Å²) in [5.41, 5.74) is 2.33. The number of carbonyl (C=O) groups excluding carboxylic acids is 1. The van der Waals surface area contributed by atoms with Crippen LogP contribution in [0.4, 0.5) is 0 Å². The molecule has 1 aliphatic heterocycles. The van der Waals surface area contributed by atoms with E-state index >= 15 is 0 Å². The van der Waals surface area contributed by atoms with E-state index < -0.39 is 10.0 Å². The Labute approximate surface area is 167 Å². The Morgan fingerprint density at radius 2 is 1.78 bits per heavy atom. The maximum absolute atomic E-state index is 12.8. The molecule has 2 aromatic heterocycles. The van der Waals surface area contributed by atoms with E-state index in [1.807, 2.05) is 13.8 Å². The molecule has 0 aromatic carbocycles. The van der Waals surface area contributed by atoms with Crippen molar-refractivity contribution in [3.05, 3.63) is 27.8 Å². The molecule has 0 radical (unpaired) electrons. The number of aromatic nitrogens is 4. The first-order valence-electron chi connectivity index (χ1n) is 8.59. The number of nitrogens with zero attached hydrogens (tertiary/aromatic N) is 6. The summed E-state index contributed by atoms with van der Waals surface area (Å²) >= 11 is 3.46. The molecular weight excluding hydrogens is 436 g/mol. The van der Waals surface area contributed by atoms with E-state index in [1.54, 1.807) is 28.2 Å². The van der Waals surface area contributed by atoms with Gasteiger partial charge in [-0.3, -0.25) is 14.2 Å². The molecule has 0 N–H and O–H groups in total. The fourth-order valence-corrected chi connectivity index (χ4v) is 5.00. The molecule has 27 heavy (non-hydrogen) atoms. The zero-order valence-corrected chi connectivity index (χ0v) is 18.2. The second-order valence-electron chi connectivity index (χ2n) is 6.65. The first-order valence-corrected chi connectivity index (χ1v) is 10.8. The molecule has 0 atom stereocenters. The molecule has 0 bridgehead atoms. The largest absolute Gasteiger partial charge is 0.338 e. The molecule has 1 amide bonds. The van der Waals surface area contributed by atoms with Crippen molar-refractivity contribution in [2.75, 3.05) is 26.2 Å². The van der Waals surface area contributed by atoms with Gasteiger partial charge in [0.05, 0.1) is 27.8 Å². The fraction of sp³-hybridized carbons (Fsp3) is 0.562. The van der Waals surface area contributed by atoms with Crippen molar-refractivity contribution < 1.29 is 13.2 Å². The molecule has 2 aromatic rings. The van der Waals surface area contributed by atoms with Crippen LogP contribution >= 0.6 is 15.9 Å². The molecule has 0 spiro atoms. The zero-order valence-electron chi connectivity index (χ0n) is 15.8. The number of sulfonamides is 1. The lowest BCUT2D eigenvalue weighted by molar-refractivity contribution is -0.133. The first kappa shape index (κ1) is 20.0. The van der Waals surface area contributed by atoms with E-state index in [0.717, 1.165) is 15.9 Å². The minimum Gasteiger partial charge on any atom is -0.338 e. The van der Waals surface area contributed by atoms with Gasteiger partial charge in [-0.1, -0.05) is 0 Å². The lowest BCUT2D eigenvalue weighted by atomic mass is 10.3. The minimum absolute atomic E-state index is 0.0669. The number of hydrogen-bond acceptors (Lipinski definition) is 5. The molecule has 9 nitrogen and oxygen atoms in total. The average Bonchev–Trinajstić information content (AvgIpc) is 3.10. The summed E-state index contributed by atoms with van der Waals surface area (Å²) < 4.78 is 31.2. The molecule has 3 rings (SSSR count). The van der Waals surface area contributed by atoms with Gasteiger partial charge in [-0.05, 0) is 36.7 Å². The van der Waals surface area contributed by atoms with Gasteiger partial charge in [0.15, 0.2) is 0 Å². The van der Waals surface area contributed by atoms with E-state index in [1.165, 1.54) is 10.5 Å². The SMILES string of the molecule is Cc1nn(CC(=O)N2CCN(S(=O)(=O)c3cnn(C)c3C)CC2)c(C)c1Br. The van der Waals surface area contributed by atoms with Crippen LogP contribution in [0.2, 0.25) is 0 Å². The second-order valence-corrected chi connectivity index (χ2v) is 9.34. The van der Waals surface area contributed by atoms with Gasteiger partial charge in [-0.25, -0.2) is 8.42 Å². The summed E-state index contributed by atoms with van der Waals surface area (Å²) in [5, 5.41) is 8.37. The van der Waals surface area contributed by atoms with E-state index in [0.29, 0.717) is 18.8 Å². The number of rotatable bonds is 4. The van der Waals surface area contributed by atoms with Gasteiger partial charge in [0.25, 0.3) is 0 Å². The number of carbonyl (C=O) groups is 1. The van der Waals surface area contributed by atoms with Crippen LogP contribution in [0.15, 0.2) is 15.6 Å². The molecule has 0 saturated carbocycles. The molecule has 11 heteroatoms. The van der Waals surface area contributed by atoms with Gasteiger partial charge in [0.1, 0.15) is 11.4 Å². The Kier molecular flexibility index (Phi) is 5.46. The third-order valence-corrected chi connectivity index (χ3v) is 8.13. The Hall–Kier alpha value is -1.72. The maximum atomic E-state index is 12.8. The van der Waals surface area contributed by atoms with Crippen molar-refractivity contribution in [3.8, 4) is 0 Å². The first-order chi connectivity index (χ1) is 12.6. The van der Waals surface area contributed by atoms with Crippen LogP contribution in [0.25, 0.3) is 0 Å². The van der Waals surface area contributed by atoms with Gasteiger partial charge >= 0.3 is 0 Å². The van der Waals surface area contributed by atoms with Gasteiger partial charge < -0.3 is 4.90 Å². The normalized spacial score (nSPS) is 16.1. The Morgan fingerprint density at radius 1 is 1.15 bits per heavy atom. The lowest BCUT2D eigenvalue weighted by Gasteiger charge is -2.34. The maximum Gasteiger partial charge on any atom is 0.246 e. The number of aryl methyl sites for hydroxylation is 2. The Balaban J connectivity index is 1.65. The number of piperazine rings is 1. The highest BCUT2D eigenvalue weighted by molar-refractivity contribution is 9.10. The molecule has 1 fully saturated rings. The summed E-state index contributed by atoms with van der Waals surface area (Å²) in [7, 11) is -1.89. The highest BCUT2D eigenvalue weighted by atomic mass is 79.9. The highest BCUT2D eigenvalue weighted by Gasteiger charge is 2.32. The van der Waals surface area contributed by atoms with E-state index in [2.05, 4.69) is 26.1 Å². The average molecular weight is 459 g/mol. The van der Waals surface area contributed by atoms with Gasteiger partial charge in [-0.2, -0.15) is 14.5 Å². The van der Waals surface area contributed by atoms with Crippen LogP contribution in [-0.2, 0) is 28.4 Å². The highest BCUT2D eigenvalue weighted by Crippen LogP contribution is 2.22. The van der Waals surface area contributed by atoms with E-state index in [4.69, 9.17) is 0 Å². The molecular formula is C16H23BrN6O3S. The minimum atomic E-state index is -3.60. The summed E-state index contributed by atoms with van der Waals surface area (Å²) in [5.74, 6) is -0.0669. The van der Waals surface area contributed by atoms with Crippen molar-refractivity contribution >= 4 is 31.9 Å². The second kappa shape index (κ2) is 7.36. The summed E-state index contributed by atoms with van der Waals surface area (Å²) in [6.07, 6.45) is 1.38. The van der Waals surface area contributed by atoms with Gasteiger partial charge in [-0.15, -0.1) is 0 Å². The monoisotopic (exact) mass is 458 g/mol. The third kappa shape index (κ3) is 3.67. The van der Waals surface area contributed by atoms with Crippen LogP contribution in [0.1, 0.15) is 17.1 Å². The lowest BCUT2D eigenvalue weighted by Crippen LogP contribution is -2.51. The Bertz CT molecular complexity index is 973. The summed E-state index contributed by atoms with van der Waals surface area (Å²) in [6.45, 7) is 6.90. The third-order valence-electron chi connectivity index (χ3n) is 4.98. The van der Waals surface area contributed by atoms with Gasteiger partial charge in [0, 0.05) is 33.2 Å². The smallest absolute Gasteiger partial charge is 0.246 e. The van der Waals surface area contributed by atoms with Crippen molar-refractivity contribution in [1.29, 1.82) is 0 Å². The van der Waals surface area contributed by atoms with Crippen molar-refractivity contribution in [1.82, 2.24) is 28.8 Å². The van der Waals surface area contributed by atoms with Crippen LogP contribution in [-0.4, -0.2) is 69.3 Å². The molecule has 148 valence electrons. The van der Waals surface area contributed by atoms with Crippen molar-refractivity contribution in [3.63, 3.8) is 0 Å². The molecule has 1 saturated heterocycles. The predicted octanol–water partition coefficient (Wildman–Crippen LogP) is 0.837. The van der Waals surface area contributed by atoms with Crippen LogP contribution < -0.4 is 0 Å². The molecule has 0 aliphatic carbocycles. The number of hydrogen-bond donors (Lipinski definition) is 0. The summed E-state index contributed by atoms with van der Waals surface area (Å²) in [4.78, 5) is 14.5. The van der Waals surface area contributed by atoms with Crippen LogP contribution in [0.5, 0.6) is 0 Å². The molecule has 3 heterocycles. The van der Waals surface area contributed by atoms with Gasteiger partial charge in [0.2, 0.25) is 15.9 Å². The van der Waals surface area contributed by atoms with Crippen molar-refractivity contribution in [2.24, 2.45) is 7.05 Å². The van der Waals surface area contributed by atoms with Crippen LogP contribution in [0.3, 0.4) is 0 Å². The predicted molar refractivity (Wildman–Crippen MR) is 103 cm³/mol. The number of amides is 1. The van der Waals surface area contributed by atoms with Crippen molar-refractivity contribution in [2.45, 2.75) is 32.2 Å². The quantitative estimate of drug-likeness (QED) is 0.676. The fourth-order valence-electron chi connectivity index (χ4n) is 3.11. The molecule has 0 unspecified atom stereocenters. The standard InChI is InChI=1S/C16H23BrN6O3S/c1-11-16(17)13(3)23(19-11)10-15(24)21-5-7-22(8-6-21)27(25,26)14-9-18-20(4)12(14)2/h9H,5-8,10H2,1-4H3. The summed E-state index contributed by atoms with van der Waals surface area (Å²) in [6, 6.07) is 0. The number of halogens is 1. The molecule has 1 aliphatic rings. The Morgan fingerprint density at radius 3 is 2.26 bits per heavy atom. The van der Waals surface area contributed by atoms with E-state index in [-0.39, 0.29) is 30.4 Å². The topological polar surface area (TPSA) is 93.3 Å².